The molecule has 0 spiro atoms. The molecule has 0 N–H and O–H groups in total. The fourth-order valence-corrected chi connectivity index (χ4v) is 2.94. The van der Waals surface area contributed by atoms with Crippen molar-refractivity contribution in [2.45, 2.75) is 52.4 Å². The van der Waals surface area contributed by atoms with E-state index in [-0.39, 0.29) is 5.92 Å². The van der Waals surface area contributed by atoms with Gasteiger partial charge in [0.25, 0.3) is 0 Å². The summed E-state index contributed by atoms with van der Waals surface area (Å²) >= 11 is 0. The maximum atomic E-state index is 12.4. The van der Waals surface area contributed by atoms with E-state index in [1.54, 1.807) is 0 Å². The van der Waals surface area contributed by atoms with Crippen molar-refractivity contribution < 1.29 is 4.79 Å². The zero-order chi connectivity index (χ0) is 13.1. The average molecular weight is 244 g/mol. The normalized spacial score (nSPS) is 24.2. The van der Waals surface area contributed by atoms with Crippen LogP contribution < -0.4 is 0 Å². The highest BCUT2D eigenvalue weighted by molar-refractivity contribution is 5.97. The Hall–Kier alpha value is -1.11. The number of benzene rings is 1. The van der Waals surface area contributed by atoms with Gasteiger partial charge in [0, 0.05) is 11.5 Å². The highest BCUT2D eigenvalue weighted by atomic mass is 16.1. The first-order chi connectivity index (χ1) is 8.58. The molecule has 1 aromatic carbocycles. The molecular formula is C17H24O. The van der Waals surface area contributed by atoms with Gasteiger partial charge in [0.2, 0.25) is 0 Å². The van der Waals surface area contributed by atoms with Crippen molar-refractivity contribution in [3.63, 3.8) is 0 Å². The maximum Gasteiger partial charge on any atom is 0.165 e. The number of Topliss-reactive ketones (excluding diaryl/α,β-unsaturated/α-hetero) is 1. The molecule has 1 saturated carbocycles. The first kappa shape index (κ1) is 13.3. The minimum atomic E-state index is 0.263. The van der Waals surface area contributed by atoms with Crippen molar-refractivity contribution in [3.05, 3.63) is 35.4 Å². The van der Waals surface area contributed by atoms with Crippen LogP contribution in [0, 0.1) is 11.8 Å². The van der Waals surface area contributed by atoms with Gasteiger partial charge in [-0.25, -0.2) is 0 Å². The number of carbonyl (C=O) groups excluding carboxylic acids is 1. The van der Waals surface area contributed by atoms with Crippen molar-refractivity contribution in [2.24, 2.45) is 11.8 Å². The standard InChI is InChI=1S/C17H24O/c1-12(2)14-7-9-15(10-8-14)17(18)16-6-4-5-13(3)11-16/h7-10,12-13,16H,4-6,11H2,1-3H3. The molecule has 18 heavy (non-hydrogen) atoms. The largest absolute Gasteiger partial charge is 0.294 e. The third kappa shape index (κ3) is 3.01. The zero-order valence-electron chi connectivity index (χ0n) is 11.8. The molecule has 1 aliphatic carbocycles. The molecule has 1 fully saturated rings. The van der Waals surface area contributed by atoms with Crippen molar-refractivity contribution in [1.29, 1.82) is 0 Å². The highest BCUT2D eigenvalue weighted by Crippen LogP contribution is 2.31. The molecule has 0 aliphatic heterocycles. The molecule has 1 nitrogen and oxygen atoms in total. The fraction of sp³-hybridized carbons (Fsp3) is 0.588. The lowest BCUT2D eigenvalue weighted by Crippen LogP contribution is -2.21. The van der Waals surface area contributed by atoms with Gasteiger partial charge in [-0.1, -0.05) is 57.9 Å². The van der Waals surface area contributed by atoms with E-state index in [0.717, 1.165) is 18.4 Å². The van der Waals surface area contributed by atoms with Crippen LogP contribution in [-0.2, 0) is 0 Å². The number of ketones is 1. The third-order valence-electron chi connectivity index (χ3n) is 4.17. The topological polar surface area (TPSA) is 17.1 Å². The summed E-state index contributed by atoms with van der Waals surface area (Å²) in [5, 5.41) is 0. The first-order valence-electron chi connectivity index (χ1n) is 7.22. The lowest BCUT2D eigenvalue weighted by atomic mass is 9.78. The van der Waals surface area contributed by atoms with Crippen LogP contribution in [0.15, 0.2) is 24.3 Å². The van der Waals surface area contributed by atoms with E-state index in [1.165, 1.54) is 18.4 Å². The van der Waals surface area contributed by atoms with Gasteiger partial charge >= 0.3 is 0 Å². The van der Waals surface area contributed by atoms with Crippen LogP contribution in [0.3, 0.4) is 0 Å². The Labute approximate surface area is 111 Å². The Kier molecular flexibility index (Phi) is 4.21. The smallest absolute Gasteiger partial charge is 0.165 e. The molecule has 2 unspecified atom stereocenters. The summed E-state index contributed by atoms with van der Waals surface area (Å²) in [6, 6.07) is 8.22. The second-order valence-corrected chi connectivity index (χ2v) is 6.11. The predicted octanol–water partition coefficient (Wildman–Crippen LogP) is 4.82. The van der Waals surface area contributed by atoms with Crippen LogP contribution in [0.2, 0.25) is 0 Å². The minimum Gasteiger partial charge on any atom is -0.294 e. The fourth-order valence-electron chi connectivity index (χ4n) is 2.94. The van der Waals surface area contributed by atoms with E-state index >= 15 is 0 Å². The molecule has 0 bridgehead atoms. The van der Waals surface area contributed by atoms with Crippen molar-refractivity contribution in [2.75, 3.05) is 0 Å². The van der Waals surface area contributed by atoms with Crippen LogP contribution in [0.5, 0.6) is 0 Å². The average Bonchev–Trinajstić information content (AvgIpc) is 2.38. The van der Waals surface area contributed by atoms with E-state index in [2.05, 4.69) is 32.9 Å². The van der Waals surface area contributed by atoms with Crippen LogP contribution in [0.4, 0.5) is 0 Å². The quantitative estimate of drug-likeness (QED) is 0.697. The maximum absolute atomic E-state index is 12.4. The van der Waals surface area contributed by atoms with E-state index in [0.29, 0.717) is 17.6 Å². The molecule has 2 atom stereocenters. The van der Waals surface area contributed by atoms with Gasteiger partial charge in [-0.2, -0.15) is 0 Å². The van der Waals surface area contributed by atoms with Gasteiger partial charge in [0.1, 0.15) is 0 Å². The highest BCUT2D eigenvalue weighted by Gasteiger charge is 2.25. The molecule has 0 aromatic heterocycles. The number of hydrogen-bond acceptors (Lipinski definition) is 1. The molecular weight excluding hydrogens is 220 g/mol. The molecule has 0 saturated heterocycles. The number of hydrogen-bond donors (Lipinski definition) is 0. The molecule has 0 radical (unpaired) electrons. The summed E-state index contributed by atoms with van der Waals surface area (Å²) in [5.74, 6) is 1.86. The van der Waals surface area contributed by atoms with Crippen LogP contribution >= 0.6 is 0 Å². The summed E-state index contributed by atoms with van der Waals surface area (Å²) in [6.07, 6.45) is 4.65. The SMILES string of the molecule is CC1CCCC(C(=O)c2ccc(C(C)C)cc2)C1. The molecule has 1 aromatic rings. The molecule has 1 heteroatoms. The predicted molar refractivity (Wildman–Crippen MR) is 76.0 cm³/mol. The summed E-state index contributed by atoms with van der Waals surface area (Å²) in [4.78, 5) is 12.4. The number of carbonyl (C=O) groups is 1. The Morgan fingerprint density at radius 1 is 1.17 bits per heavy atom. The van der Waals surface area contributed by atoms with Crippen LogP contribution in [0.25, 0.3) is 0 Å². The van der Waals surface area contributed by atoms with Crippen molar-refractivity contribution in [1.82, 2.24) is 0 Å². The lowest BCUT2D eigenvalue weighted by molar-refractivity contribution is 0.0868. The van der Waals surface area contributed by atoms with Crippen molar-refractivity contribution >= 4 is 5.78 Å². The van der Waals surface area contributed by atoms with E-state index < -0.39 is 0 Å². The van der Waals surface area contributed by atoms with E-state index in [9.17, 15) is 4.79 Å². The molecule has 2 rings (SSSR count). The molecule has 0 amide bonds. The van der Waals surface area contributed by atoms with Gasteiger partial charge in [-0.3, -0.25) is 4.79 Å². The van der Waals surface area contributed by atoms with Gasteiger partial charge in [0.05, 0.1) is 0 Å². The second kappa shape index (κ2) is 5.69. The van der Waals surface area contributed by atoms with Crippen LogP contribution in [-0.4, -0.2) is 5.78 Å². The lowest BCUT2D eigenvalue weighted by Gasteiger charge is -2.25. The van der Waals surface area contributed by atoms with Gasteiger partial charge in [-0.05, 0) is 30.2 Å². The van der Waals surface area contributed by atoms with Crippen molar-refractivity contribution in [3.8, 4) is 0 Å². The van der Waals surface area contributed by atoms with Gasteiger partial charge in [0.15, 0.2) is 5.78 Å². The summed E-state index contributed by atoms with van der Waals surface area (Å²) in [7, 11) is 0. The Morgan fingerprint density at radius 3 is 2.39 bits per heavy atom. The van der Waals surface area contributed by atoms with E-state index in [4.69, 9.17) is 0 Å². The second-order valence-electron chi connectivity index (χ2n) is 6.11. The summed E-state index contributed by atoms with van der Waals surface area (Å²) < 4.78 is 0. The van der Waals surface area contributed by atoms with E-state index in [1.807, 2.05) is 12.1 Å². The first-order valence-corrected chi connectivity index (χ1v) is 7.22. The number of rotatable bonds is 3. The molecule has 98 valence electrons. The molecule has 1 aliphatic rings. The van der Waals surface area contributed by atoms with Crippen LogP contribution in [0.1, 0.15) is 68.3 Å². The summed E-state index contributed by atoms with van der Waals surface area (Å²) in [5.41, 5.74) is 2.21. The molecule has 0 heterocycles. The van der Waals surface area contributed by atoms with Gasteiger partial charge in [-0.15, -0.1) is 0 Å². The Bertz CT molecular complexity index is 402. The van der Waals surface area contributed by atoms with Gasteiger partial charge < -0.3 is 0 Å². The zero-order valence-corrected chi connectivity index (χ0v) is 11.8. The third-order valence-corrected chi connectivity index (χ3v) is 4.17. The Balaban J connectivity index is 2.08. The Morgan fingerprint density at radius 2 is 1.83 bits per heavy atom. The monoisotopic (exact) mass is 244 g/mol. The minimum absolute atomic E-state index is 0.263. The summed E-state index contributed by atoms with van der Waals surface area (Å²) in [6.45, 7) is 6.63.